The molecular formula is C9H9Br2NO4S. The van der Waals surface area contributed by atoms with Crippen LogP contribution >= 0.6 is 31.9 Å². The van der Waals surface area contributed by atoms with Crippen molar-refractivity contribution in [1.29, 1.82) is 0 Å². The van der Waals surface area contributed by atoms with Crippen molar-refractivity contribution in [3.8, 4) is 11.5 Å². The first kappa shape index (κ1) is 13.0. The van der Waals surface area contributed by atoms with Crippen LogP contribution in [0.15, 0.2) is 16.6 Å². The summed E-state index contributed by atoms with van der Waals surface area (Å²) in [7, 11) is -3.38. The molecule has 2 rings (SSSR count). The number of nitrogens with one attached hydrogen (secondary N) is 1. The zero-order valence-electron chi connectivity index (χ0n) is 8.57. The van der Waals surface area contributed by atoms with Crippen molar-refractivity contribution >= 4 is 47.6 Å². The van der Waals surface area contributed by atoms with Crippen LogP contribution in [0.5, 0.6) is 11.5 Å². The van der Waals surface area contributed by atoms with E-state index in [1.54, 1.807) is 12.1 Å². The second-order valence-electron chi connectivity index (χ2n) is 3.30. The zero-order valence-corrected chi connectivity index (χ0v) is 12.6. The number of anilines is 1. The molecule has 94 valence electrons. The van der Waals surface area contributed by atoms with Crippen molar-refractivity contribution in [2.75, 3.05) is 22.6 Å². The summed E-state index contributed by atoms with van der Waals surface area (Å²) in [5.41, 5.74) is 0.425. The van der Waals surface area contributed by atoms with Crippen LogP contribution in [-0.4, -0.2) is 26.3 Å². The number of sulfonamides is 1. The maximum absolute atomic E-state index is 11.4. The van der Waals surface area contributed by atoms with Gasteiger partial charge in [-0.25, -0.2) is 8.42 Å². The van der Waals surface area contributed by atoms with Crippen LogP contribution in [0, 0.1) is 0 Å². The van der Waals surface area contributed by atoms with E-state index in [4.69, 9.17) is 9.47 Å². The van der Waals surface area contributed by atoms with Crippen molar-refractivity contribution in [2.45, 2.75) is 0 Å². The van der Waals surface area contributed by atoms with E-state index in [1.165, 1.54) is 0 Å². The van der Waals surface area contributed by atoms with Gasteiger partial charge in [0.15, 0.2) is 11.5 Å². The number of hydrogen-bond acceptors (Lipinski definition) is 4. The van der Waals surface area contributed by atoms with E-state index < -0.39 is 10.0 Å². The van der Waals surface area contributed by atoms with E-state index in [1.807, 2.05) is 0 Å². The Bertz CT molecular complexity index is 532. The van der Waals surface area contributed by atoms with Crippen molar-refractivity contribution in [2.24, 2.45) is 0 Å². The number of fused-ring (bicyclic) bond motifs is 1. The van der Waals surface area contributed by atoms with Gasteiger partial charge >= 0.3 is 0 Å². The molecular weight excluding hydrogens is 378 g/mol. The third-order valence-corrected chi connectivity index (χ3v) is 5.32. The lowest BCUT2D eigenvalue weighted by atomic mass is 10.2. The summed E-state index contributed by atoms with van der Waals surface area (Å²) in [6.45, 7) is 0.950. The lowest BCUT2D eigenvalue weighted by Gasteiger charge is -2.20. The van der Waals surface area contributed by atoms with E-state index in [0.717, 1.165) is 0 Å². The average Bonchev–Trinajstić information content (AvgIpc) is 2.30. The molecule has 0 spiro atoms. The minimum absolute atomic E-state index is 0.166. The first-order valence-electron chi connectivity index (χ1n) is 4.67. The number of benzene rings is 1. The molecule has 0 atom stereocenters. The van der Waals surface area contributed by atoms with Crippen LogP contribution in [0.25, 0.3) is 0 Å². The fourth-order valence-corrected chi connectivity index (χ4v) is 2.79. The van der Waals surface area contributed by atoms with Gasteiger partial charge in [-0.1, -0.05) is 15.9 Å². The number of rotatable bonds is 3. The Balaban J connectivity index is 2.35. The summed E-state index contributed by atoms with van der Waals surface area (Å²) in [4.78, 5) is 0. The topological polar surface area (TPSA) is 64.6 Å². The summed E-state index contributed by atoms with van der Waals surface area (Å²) in [5.74, 6) is 1.14. The Labute approximate surface area is 116 Å². The first-order valence-corrected chi connectivity index (χ1v) is 8.24. The molecule has 1 aromatic rings. The van der Waals surface area contributed by atoms with Gasteiger partial charge in [-0.05, 0) is 15.9 Å². The monoisotopic (exact) mass is 385 g/mol. The molecule has 0 aromatic heterocycles. The van der Waals surface area contributed by atoms with Crippen LogP contribution in [0.4, 0.5) is 5.69 Å². The maximum atomic E-state index is 11.4. The Morgan fingerprint density at radius 1 is 1.24 bits per heavy atom. The molecule has 0 fully saturated rings. The Morgan fingerprint density at radius 2 is 1.82 bits per heavy atom. The Kier molecular flexibility index (Phi) is 3.84. The largest absolute Gasteiger partial charge is 0.486 e. The molecule has 0 amide bonds. The van der Waals surface area contributed by atoms with E-state index in [9.17, 15) is 8.42 Å². The van der Waals surface area contributed by atoms with Crippen LogP contribution in [0.2, 0.25) is 0 Å². The lowest BCUT2D eigenvalue weighted by molar-refractivity contribution is 0.171. The van der Waals surface area contributed by atoms with Gasteiger partial charge in [-0.3, -0.25) is 4.72 Å². The van der Waals surface area contributed by atoms with Crippen LogP contribution in [0.1, 0.15) is 0 Å². The third-order valence-electron chi connectivity index (χ3n) is 2.04. The van der Waals surface area contributed by atoms with Crippen molar-refractivity contribution in [3.63, 3.8) is 0 Å². The van der Waals surface area contributed by atoms with Gasteiger partial charge < -0.3 is 9.47 Å². The van der Waals surface area contributed by atoms with Crippen molar-refractivity contribution in [3.05, 3.63) is 16.6 Å². The predicted octanol–water partition coefficient (Wildman–Crippen LogP) is 2.31. The molecule has 5 nitrogen and oxygen atoms in total. The maximum Gasteiger partial charge on any atom is 0.242 e. The second-order valence-corrected chi connectivity index (χ2v) is 7.18. The highest BCUT2D eigenvalue weighted by molar-refractivity contribution is 9.11. The molecule has 1 aromatic carbocycles. The molecule has 0 saturated carbocycles. The van der Waals surface area contributed by atoms with Gasteiger partial charge in [0.1, 0.15) is 17.9 Å². The smallest absolute Gasteiger partial charge is 0.242 e. The molecule has 17 heavy (non-hydrogen) atoms. The van der Waals surface area contributed by atoms with E-state index in [-0.39, 0.29) is 4.66 Å². The SMILES string of the molecule is O=S(=O)(CBr)Nc1cc2c(cc1Br)OCCO2. The van der Waals surface area contributed by atoms with Gasteiger partial charge in [0, 0.05) is 16.6 Å². The van der Waals surface area contributed by atoms with Crippen LogP contribution in [-0.2, 0) is 10.0 Å². The molecule has 0 saturated heterocycles. The Hall–Kier alpha value is -0.470. The molecule has 8 heteroatoms. The fourth-order valence-electron chi connectivity index (χ4n) is 1.34. The summed E-state index contributed by atoms with van der Waals surface area (Å²) in [5, 5.41) is 0. The standard InChI is InChI=1S/C9H9Br2NO4S/c10-5-17(13,14)12-7-4-9-8(3-6(7)11)15-1-2-16-9/h3-4,12H,1-2,5H2. The number of hydrogen-bond donors (Lipinski definition) is 1. The second kappa shape index (κ2) is 5.03. The van der Waals surface area contributed by atoms with Gasteiger partial charge in [0.25, 0.3) is 0 Å². The van der Waals surface area contributed by atoms with Gasteiger partial charge in [0.2, 0.25) is 10.0 Å². The zero-order chi connectivity index (χ0) is 12.5. The summed E-state index contributed by atoms with van der Waals surface area (Å²) >= 11 is 6.19. The highest BCUT2D eigenvalue weighted by Crippen LogP contribution is 2.38. The van der Waals surface area contributed by atoms with E-state index in [2.05, 4.69) is 36.6 Å². The highest BCUT2D eigenvalue weighted by Gasteiger charge is 2.17. The van der Waals surface area contributed by atoms with Gasteiger partial charge in [-0.2, -0.15) is 0 Å². The summed E-state index contributed by atoms with van der Waals surface area (Å²) in [6, 6.07) is 3.28. The fraction of sp³-hybridized carbons (Fsp3) is 0.333. The van der Waals surface area contributed by atoms with E-state index >= 15 is 0 Å². The normalized spacial score (nSPS) is 14.5. The number of halogens is 2. The lowest BCUT2D eigenvalue weighted by Crippen LogP contribution is -2.17. The van der Waals surface area contributed by atoms with Crippen molar-refractivity contribution in [1.82, 2.24) is 0 Å². The molecule has 0 unspecified atom stereocenters. The molecule has 1 heterocycles. The van der Waals surface area contributed by atoms with Crippen molar-refractivity contribution < 1.29 is 17.9 Å². The molecule has 1 aliphatic heterocycles. The minimum Gasteiger partial charge on any atom is -0.486 e. The molecule has 0 bridgehead atoms. The quantitative estimate of drug-likeness (QED) is 0.809. The minimum atomic E-state index is -3.38. The predicted molar refractivity (Wildman–Crippen MR) is 71.5 cm³/mol. The highest BCUT2D eigenvalue weighted by atomic mass is 79.9. The average molecular weight is 387 g/mol. The van der Waals surface area contributed by atoms with Gasteiger partial charge in [-0.15, -0.1) is 0 Å². The van der Waals surface area contributed by atoms with Crippen LogP contribution < -0.4 is 14.2 Å². The first-order chi connectivity index (χ1) is 8.02. The van der Waals surface area contributed by atoms with Crippen LogP contribution in [0.3, 0.4) is 0 Å². The van der Waals surface area contributed by atoms with E-state index in [0.29, 0.717) is 34.9 Å². The molecule has 1 N–H and O–H groups in total. The summed E-state index contributed by atoms with van der Waals surface area (Å²) < 4.78 is 36.5. The molecule has 0 aliphatic carbocycles. The van der Waals surface area contributed by atoms with Gasteiger partial charge in [0.05, 0.1) is 5.69 Å². The third kappa shape index (κ3) is 3.05. The Morgan fingerprint density at radius 3 is 2.41 bits per heavy atom. The molecule has 1 aliphatic rings. The molecule has 0 radical (unpaired) electrons. The number of alkyl halides is 1. The summed E-state index contributed by atoms with van der Waals surface area (Å²) in [6.07, 6.45) is 0. The number of ether oxygens (including phenoxy) is 2.